The highest BCUT2D eigenvalue weighted by Crippen LogP contribution is 2.20. The van der Waals surface area contributed by atoms with E-state index in [2.05, 4.69) is 0 Å². The third-order valence-corrected chi connectivity index (χ3v) is 2.51. The lowest BCUT2D eigenvalue weighted by Crippen LogP contribution is -2.26. The molecule has 1 aromatic carbocycles. The predicted molar refractivity (Wildman–Crippen MR) is 57.9 cm³/mol. The van der Waals surface area contributed by atoms with Crippen molar-refractivity contribution in [1.29, 1.82) is 0 Å². The quantitative estimate of drug-likeness (QED) is 0.748. The average molecular weight is 247 g/mol. The fourth-order valence-electron chi connectivity index (χ4n) is 1.32. The minimum Gasteiger partial charge on any atom is -0.349 e. The van der Waals surface area contributed by atoms with Crippen molar-refractivity contribution in [3.05, 3.63) is 34.6 Å². The van der Waals surface area contributed by atoms with Gasteiger partial charge in [-0.05, 0) is 11.6 Å². The number of Topliss-reactive ketones (excluding diaryl/α,β-unsaturated/α-hetero) is 1. The number of carbonyl (C=O) groups excluding carboxylic acids is 1. The lowest BCUT2D eigenvalue weighted by Gasteiger charge is -2.12. The van der Waals surface area contributed by atoms with Crippen molar-refractivity contribution < 1.29 is 18.7 Å². The number of hydrogen-bond acceptors (Lipinski definition) is 3. The number of hydrogen-bond donors (Lipinski definition) is 0. The zero-order valence-electron chi connectivity index (χ0n) is 9.00. The van der Waals surface area contributed by atoms with Gasteiger partial charge in [0, 0.05) is 20.6 Å². The molecule has 0 radical (unpaired) electrons. The van der Waals surface area contributed by atoms with Crippen molar-refractivity contribution in [1.82, 2.24) is 0 Å². The molecule has 0 atom stereocenters. The molecule has 0 aliphatic carbocycles. The summed E-state index contributed by atoms with van der Waals surface area (Å²) in [7, 11) is 2.72. The number of ether oxygens (including phenoxy) is 2. The molecule has 0 saturated heterocycles. The van der Waals surface area contributed by atoms with E-state index in [1.807, 2.05) is 0 Å². The van der Waals surface area contributed by atoms with Crippen LogP contribution < -0.4 is 0 Å². The second kappa shape index (κ2) is 5.94. The Labute approximate surface area is 98.1 Å². The summed E-state index contributed by atoms with van der Waals surface area (Å²) in [6.45, 7) is 0. The van der Waals surface area contributed by atoms with Crippen molar-refractivity contribution in [2.24, 2.45) is 0 Å². The van der Waals surface area contributed by atoms with Gasteiger partial charge in [0.1, 0.15) is 5.82 Å². The van der Waals surface area contributed by atoms with Crippen LogP contribution in [0.25, 0.3) is 0 Å². The van der Waals surface area contributed by atoms with Crippen molar-refractivity contribution in [3.8, 4) is 0 Å². The van der Waals surface area contributed by atoms with E-state index in [4.69, 9.17) is 21.1 Å². The van der Waals surface area contributed by atoms with Crippen molar-refractivity contribution >= 4 is 17.4 Å². The Kier molecular flexibility index (Phi) is 4.86. The second-order valence-corrected chi connectivity index (χ2v) is 3.54. The van der Waals surface area contributed by atoms with Crippen LogP contribution in [-0.2, 0) is 20.7 Å². The molecule has 0 spiro atoms. The van der Waals surface area contributed by atoms with Gasteiger partial charge in [-0.2, -0.15) is 0 Å². The van der Waals surface area contributed by atoms with Crippen LogP contribution in [0.1, 0.15) is 5.56 Å². The van der Waals surface area contributed by atoms with Gasteiger partial charge in [0.15, 0.2) is 5.78 Å². The highest BCUT2D eigenvalue weighted by atomic mass is 35.5. The molecule has 0 aliphatic rings. The summed E-state index contributed by atoms with van der Waals surface area (Å²) >= 11 is 5.72. The Balaban J connectivity index is 2.80. The van der Waals surface area contributed by atoms with E-state index in [9.17, 15) is 9.18 Å². The van der Waals surface area contributed by atoms with E-state index in [1.54, 1.807) is 6.07 Å². The van der Waals surface area contributed by atoms with Gasteiger partial charge in [-0.25, -0.2) is 4.39 Å². The number of carbonyl (C=O) groups is 1. The van der Waals surface area contributed by atoms with Gasteiger partial charge in [-0.1, -0.05) is 23.7 Å². The summed E-state index contributed by atoms with van der Waals surface area (Å²) in [6, 6.07) is 4.32. The number of benzene rings is 1. The Bertz CT molecular complexity index is 377. The highest BCUT2D eigenvalue weighted by molar-refractivity contribution is 6.31. The van der Waals surface area contributed by atoms with Crippen molar-refractivity contribution in [2.45, 2.75) is 12.7 Å². The molecule has 3 nitrogen and oxygen atoms in total. The first-order valence-electron chi connectivity index (χ1n) is 4.61. The number of methoxy groups -OCH3 is 2. The zero-order valence-corrected chi connectivity index (χ0v) is 9.75. The van der Waals surface area contributed by atoms with Crippen LogP contribution in [0.5, 0.6) is 0 Å². The minimum absolute atomic E-state index is 0.0249. The van der Waals surface area contributed by atoms with Crippen LogP contribution in [-0.4, -0.2) is 26.3 Å². The maximum atomic E-state index is 13.1. The van der Waals surface area contributed by atoms with E-state index < -0.39 is 12.1 Å². The molecule has 0 heterocycles. The first-order chi connectivity index (χ1) is 7.60. The van der Waals surface area contributed by atoms with Crippen molar-refractivity contribution in [2.75, 3.05) is 14.2 Å². The number of halogens is 2. The van der Waals surface area contributed by atoms with E-state index in [-0.39, 0.29) is 17.2 Å². The van der Waals surface area contributed by atoms with Gasteiger partial charge in [0.2, 0.25) is 6.29 Å². The molecule has 0 bridgehead atoms. The summed E-state index contributed by atoms with van der Waals surface area (Å²) in [6.07, 6.45) is -0.970. The molecular formula is C11H12ClFO3. The maximum Gasteiger partial charge on any atom is 0.217 e. The average Bonchev–Trinajstić information content (AvgIpc) is 2.26. The van der Waals surface area contributed by atoms with Crippen LogP contribution in [0.4, 0.5) is 4.39 Å². The Morgan fingerprint density at radius 1 is 1.44 bits per heavy atom. The van der Waals surface area contributed by atoms with Gasteiger partial charge in [-0.3, -0.25) is 4.79 Å². The van der Waals surface area contributed by atoms with Gasteiger partial charge in [0.05, 0.1) is 5.02 Å². The lowest BCUT2D eigenvalue weighted by molar-refractivity contribution is -0.155. The van der Waals surface area contributed by atoms with E-state index >= 15 is 0 Å². The van der Waals surface area contributed by atoms with E-state index in [1.165, 1.54) is 26.4 Å². The lowest BCUT2D eigenvalue weighted by atomic mass is 10.1. The molecule has 0 saturated carbocycles. The molecule has 0 N–H and O–H groups in total. The molecule has 5 heteroatoms. The smallest absolute Gasteiger partial charge is 0.217 e. The Hall–Kier alpha value is -0.970. The van der Waals surface area contributed by atoms with E-state index in [0.717, 1.165) is 0 Å². The summed E-state index contributed by atoms with van der Waals surface area (Å²) in [5, 5.41) is -0.0400. The SMILES string of the molecule is COC(OC)C(=O)Cc1cccc(F)c1Cl. The molecule has 1 aromatic rings. The molecule has 0 amide bonds. The second-order valence-electron chi connectivity index (χ2n) is 3.16. The summed E-state index contributed by atoms with van der Waals surface area (Å²) in [5.41, 5.74) is 0.422. The molecule has 0 aromatic heterocycles. The van der Waals surface area contributed by atoms with Crippen LogP contribution in [0.3, 0.4) is 0 Å². The largest absolute Gasteiger partial charge is 0.349 e. The third-order valence-electron chi connectivity index (χ3n) is 2.09. The molecule has 16 heavy (non-hydrogen) atoms. The predicted octanol–water partition coefficient (Wildman–Crippen LogP) is 2.21. The van der Waals surface area contributed by atoms with Gasteiger partial charge in [-0.15, -0.1) is 0 Å². The fraction of sp³-hybridized carbons (Fsp3) is 0.364. The topological polar surface area (TPSA) is 35.5 Å². The molecule has 88 valence electrons. The minimum atomic E-state index is -0.945. The molecule has 0 unspecified atom stereocenters. The summed E-state index contributed by atoms with van der Waals surface area (Å²) in [5.74, 6) is -0.851. The first kappa shape index (κ1) is 13.1. The Morgan fingerprint density at radius 2 is 2.06 bits per heavy atom. The monoisotopic (exact) mass is 246 g/mol. The van der Waals surface area contributed by atoms with Crippen molar-refractivity contribution in [3.63, 3.8) is 0 Å². The molecule has 0 aliphatic heterocycles. The molecular weight excluding hydrogens is 235 g/mol. The third kappa shape index (κ3) is 3.01. The highest BCUT2D eigenvalue weighted by Gasteiger charge is 2.18. The number of ketones is 1. The normalized spacial score (nSPS) is 10.8. The first-order valence-corrected chi connectivity index (χ1v) is 4.99. The molecule has 0 fully saturated rings. The summed E-state index contributed by atoms with van der Waals surface area (Å²) < 4.78 is 22.7. The van der Waals surface area contributed by atoms with Crippen LogP contribution in [0.2, 0.25) is 5.02 Å². The van der Waals surface area contributed by atoms with Crippen LogP contribution >= 0.6 is 11.6 Å². The Morgan fingerprint density at radius 3 is 2.62 bits per heavy atom. The standard InChI is InChI=1S/C11H12ClFO3/c1-15-11(16-2)9(14)6-7-4-3-5-8(13)10(7)12/h3-5,11H,6H2,1-2H3. The summed E-state index contributed by atoms with van der Waals surface area (Å²) in [4.78, 5) is 11.6. The zero-order chi connectivity index (χ0) is 12.1. The fourth-order valence-corrected chi connectivity index (χ4v) is 1.51. The number of rotatable bonds is 5. The van der Waals surface area contributed by atoms with Crippen LogP contribution in [0, 0.1) is 5.82 Å². The van der Waals surface area contributed by atoms with Gasteiger partial charge >= 0.3 is 0 Å². The maximum absolute atomic E-state index is 13.1. The van der Waals surface area contributed by atoms with Gasteiger partial charge < -0.3 is 9.47 Å². The van der Waals surface area contributed by atoms with E-state index in [0.29, 0.717) is 5.56 Å². The molecule has 1 rings (SSSR count). The van der Waals surface area contributed by atoms with Gasteiger partial charge in [0.25, 0.3) is 0 Å². The van der Waals surface area contributed by atoms with Crippen LogP contribution in [0.15, 0.2) is 18.2 Å².